The van der Waals surface area contributed by atoms with Gasteiger partial charge in [-0.25, -0.2) is 4.39 Å². The fraction of sp³-hybridized carbons (Fsp3) is 0.643. The molecule has 0 aromatic heterocycles. The summed E-state index contributed by atoms with van der Waals surface area (Å²) in [5.74, 6) is -0.939. The van der Waals surface area contributed by atoms with E-state index in [0.717, 1.165) is 13.1 Å². The lowest BCUT2D eigenvalue weighted by molar-refractivity contribution is -0.136. The number of hydrogen-bond acceptors (Lipinski definition) is 2. The molecule has 0 saturated carbocycles. The lowest BCUT2D eigenvalue weighted by atomic mass is 9.97. The first-order valence-electron chi connectivity index (χ1n) is 6.64. The van der Waals surface area contributed by atoms with Crippen LogP contribution in [0.3, 0.4) is 0 Å². The molecule has 1 amide bonds. The summed E-state index contributed by atoms with van der Waals surface area (Å²) >= 11 is 0. The van der Waals surface area contributed by atoms with Crippen molar-refractivity contribution in [3.63, 3.8) is 0 Å². The zero-order chi connectivity index (χ0) is 13.1. The number of hydrogen-bond donors (Lipinski definition) is 0. The van der Waals surface area contributed by atoms with Gasteiger partial charge in [-0.2, -0.15) is 0 Å². The fourth-order valence-corrected chi connectivity index (χ4v) is 2.50. The van der Waals surface area contributed by atoms with Crippen molar-refractivity contribution in [3.8, 4) is 0 Å². The van der Waals surface area contributed by atoms with Gasteiger partial charge in [-0.15, -0.1) is 0 Å². The molecule has 1 unspecified atom stereocenters. The SMILES string of the molecule is CC(C)N1CCN(C(=O)C2CC=CC=C2F)CC1. The molecule has 1 saturated heterocycles. The molecule has 1 atom stereocenters. The Morgan fingerprint density at radius 2 is 2.00 bits per heavy atom. The Hall–Kier alpha value is -1.16. The lowest BCUT2D eigenvalue weighted by Crippen LogP contribution is -2.52. The Labute approximate surface area is 108 Å². The lowest BCUT2D eigenvalue weighted by Gasteiger charge is -2.38. The minimum atomic E-state index is -0.583. The number of amides is 1. The van der Waals surface area contributed by atoms with E-state index in [0.29, 0.717) is 25.6 Å². The van der Waals surface area contributed by atoms with Gasteiger partial charge in [0.25, 0.3) is 0 Å². The molecule has 1 aliphatic heterocycles. The number of rotatable bonds is 2. The summed E-state index contributed by atoms with van der Waals surface area (Å²) in [6.07, 6.45) is 5.42. The Kier molecular flexibility index (Phi) is 4.17. The van der Waals surface area contributed by atoms with Gasteiger partial charge >= 0.3 is 0 Å². The third-order valence-electron chi connectivity index (χ3n) is 3.75. The van der Waals surface area contributed by atoms with Crippen molar-refractivity contribution in [2.75, 3.05) is 26.2 Å². The van der Waals surface area contributed by atoms with Gasteiger partial charge in [-0.3, -0.25) is 9.69 Å². The van der Waals surface area contributed by atoms with Crippen molar-refractivity contribution in [3.05, 3.63) is 24.1 Å². The highest BCUT2D eigenvalue weighted by Crippen LogP contribution is 2.24. The van der Waals surface area contributed by atoms with Crippen molar-refractivity contribution in [2.45, 2.75) is 26.3 Å². The molecule has 0 aromatic carbocycles. The van der Waals surface area contributed by atoms with Gasteiger partial charge in [0.15, 0.2) is 0 Å². The smallest absolute Gasteiger partial charge is 0.232 e. The zero-order valence-electron chi connectivity index (χ0n) is 11.1. The van der Waals surface area contributed by atoms with Crippen LogP contribution in [-0.2, 0) is 4.79 Å². The number of carbonyl (C=O) groups is 1. The molecule has 2 rings (SSSR count). The van der Waals surface area contributed by atoms with Crippen molar-refractivity contribution < 1.29 is 9.18 Å². The van der Waals surface area contributed by atoms with E-state index < -0.39 is 5.92 Å². The summed E-state index contributed by atoms with van der Waals surface area (Å²) < 4.78 is 13.6. The molecule has 18 heavy (non-hydrogen) atoms. The van der Waals surface area contributed by atoms with Gasteiger partial charge < -0.3 is 4.90 Å². The van der Waals surface area contributed by atoms with E-state index in [-0.39, 0.29) is 11.7 Å². The van der Waals surface area contributed by atoms with E-state index in [9.17, 15) is 9.18 Å². The minimum absolute atomic E-state index is 0.0588. The Bertz CT molecular complexity index is 368. The fourth-order valence-electron chi connectivity index (χ4n) is 2.50. The summed E-state index contributed by atoms with van der Waals surface area (Å²) in [4.78, 5) is 16.4. The second kappa shape index (κ2) is 5.65. The van der Waals surface area contributed by atoms with E-state index >= 15 is 0 Å². The van der Waals surface area contributed by atoms with Crippen molar-refractivity contribution in [2.24, 2.45) is 5.92 Å². The molecule has 1 heterocycles. The van der Waals surface area contributed by atoms with E-state index in [1.165, 1.54) is 6.08 Å². The predicted molar refractivity (Wildman–Crippen MR) is 69.7 cm³/mol. The summed E-state index contributed by atoms with van der Waals surface area (Å²) in [5, 5.41) is 0. The number of piperazine rings is 1. The normalized spacial score (nSPS) is 25.4. The molecule has 0 radical (unpaired) electrons. The molecule has 2 aliphatic rings. The molecule has 0 N–H and O–H groups in total. The highest BCUT2D eigenvalue weighted by Gasteiger charge is 2.30. The van der Waals surface area contributed by atoms with E-state index in [2.05, 4.69) is 18.7 Å². The molecule has 0 aromatic rings. The third kappa shape index (κ3) is 2.80. The van der Waals surface area contributed by atoms with E-state index in [1.807, 2.05) is 6.08 Å². The second-order valence-electron chi connectivity index (χ2n) is 5.22. The second-order valence-corrected chi connectivity index (χ2v) is 5.22. The van der Waals surface area contributed by atoms with Crippen LogP contribution >= 0.6 is 0 Å². The molecular formula is C14H21FN2O. The largest absolute Gasteiger partial charge is 0.340 e. The molecule has 0 bridgehead atoms. The molecule has 4 heteroatoms. The molecule has 1 aliphatic carbocycles. The first kappa shape index (κ1) is 13.3. The van der Waals surface area contributed by atoms with E-state index in [4.69, 9.17) is 0 Å². The van der Waals surface area contributed by atoms with Gasteiger partial charge in [0.05, 0.1) is 5.92 Å². The van der Waals surface area contributed by atoms with Crippen LogP contribution in [0.25, 0.3) is 0 Å². The van der Waals surface area contributed by atoms with Crippen LogP contribution in [0.1, 0.15) is 20.3 Å². The Morgan fingerprint density at radius 1 is 1.33 bits per heavy atom. The zero-order valence-corrected chi connectivity index (χ0v) is 11.1. The maximum atomic E-state index is 13.6. The van der Waals surface area contributed by atoms with Crippen LogP contribution in [0, 0.1) is 5.92 Å². The third-order valence-corrected chi connectivity index (χ3v) is 3.75. The van der Waals surface area contributed by atoms with Crippen LogP contribution in [0.5, 0.6) is 0 Å². The number of halogens is 1. The predicted octanol–water partition coefficient (Wildman–Crippen LogP) is 1.97. The van der Waals surface area contributed by atoms with Crippen LogP contribution in [0.15, 0.2) is 24.1 Å². The van der Waals surface area contributed by atoms with Crippen LogP contribution in [-0.4, -0.2) is 47.9 Å². The standard InChI is InChI=1S/C14H21FN2O/c1-11(2)16-7-9-17(10-8-16)14(18)12-5-3-4-6-13(12)15/h3-4,6,11-12H,5,7-10H2,1-2H3. The van der Waals surface area contributed by atoms with Crippen LogP contribution in [0.2, 0.25) is 0 Å². The van der Waals surface area contributed by atoms with Gasteiger partial charge in [0, 0.05) is 32.2 Å². The minimum Gasteiger partial charge on any atom is -0.340 e. The first-order valence-corrected chi connectivity index (χ1v) is 6.64. The summed E-state index contributed by atoms with van der Waals surface area (Å²) in [7, 11) is 0. The highest BCUT2D eigenvalue weighted by atomic mass is 19.1. The first-order chi connectivity index (χ1) is 8.59. The summed E-state index contributed by atoms with van der Waals surface area (Å²) in [6, 6.07) is 0.511. The summed E-state index contributed by atoms with van der Waals surface area (Å²) in [5.41, 5.74) is 0. The van der Waals surface area contributed by atoms with Crippen LogP contribution in [0.4, 0.5) is 4.39 Å². The van der Waals surface area contributed by atoms with Crippen molar-refractivity contribution >= 4 is 5.91 Å². The van der Waals surface area contributed by atoms with Crippen molar-refractivity contribution in [1.29, 1.82) is 0 Å². The molecule has 100 valence electrons. The average Bonchev–Trinajstić information content (AvgIpc) is 2.38. The monoisotopic (exact) mass is 252 g/mol. The Morgan fingerprint density at radius 3 is 2.56 bits per heavy atom. The summed E-state index contributed by atoms with van der Waals surface area (Å²) in [6.45, 7) is 7.52. The molecule has 0 spiro atoms. The number of allylic oxidation sites excluding steroid dienone is 3. The Balaban J connectivity index is 1.92. The topological polar surface area (TPSA) is 23.6 Å². The molecule has 1 fully saturated rings. The maximum Gasteiger partial charge on any atom is 0.232 e. The van der Waals surface area contributed by atoms with E-state index in [1.54, 1.807) is 11.0 Å². The van der Waals surface area contributed by atoms with Gasteiger partial charge in [0.1, 0.15) is 5.83 Å². The van der Waals surface area contributed by atoms with Gasteiger partial charge in [0.2, 0.25) is 5.91 Å². The van der Waals surface area contributed by atoms with Gasteiger partial charge in [-0.1, -0.05) is 12.2 Å². The molecule has 3 nitrogen and oxygen atoms in total. The quantitative estimate of drug-likeness (QED) is 0.750. The number of carbonyl (C=O) groups excluding carboxylic acids is 1. The average molecular weight is 252 g/mol. The van der Waals surface area contributed by atoms with Gasteiger partial charge in [-0.05, 0) is 26.3 Å². The number of nitrogens with zero attached hydrogens (tertiary/aromatic N) is 2. The van der Waals surface area contributed by atoms with Crippen LogP contribution < -0.4 is 0 Å². The molecular weight excluding hydrogens is 231 g/mol. The van der Waals surface area contributed by atoms with Crippen molar-refractivity contribution in [1.82, 2.24) is 9.80 Å². The highest BCUT2D eigenvalue weighted by molar-refractivity contribution is 5.82. The maximum absolute atomic E-state index is 13.6.